The van der Waals surface area contributed by atoms with Crippen LogP contribution in [-0.2, 0) is 0 Å². The summed E-state index contributed by atoms with van der Waals surface area (Å²) in [6.45, 7) is 0. The SMILES string of the molecule is CSc1ncnc2c1ncn2C1CCCC1. The van der Waals surface area contributed by atoms with Gasteiger partial charge in [-0.2, -0.15) is 0 Å². The van der Waals surface area contributed by atoms with Crippen molar-refractivity contribution in [2.24, 2.45) is 0 Å². The summed E-state index contributed by atoms with van der Waals surface area (Å²) >= 11 is 1.63. The van der Waals surface area contributed by atoms with Gasteiger partial charge in [0.05, 0.1) is 6.33 Å². The van der Waals surface area contributed by atoms with Gasteiger partial charge >= 0.3 is 0 Å². The van der Waals surface area contributed by atoms with E-state index in [9.17, 15) is 0 Å². The monoisotopic (exact) mass is 234 g/mol. The fourth-order valence-electron chi connectivity index (χ4n) is 2.43. The Kier molecular flexibility index (Phi) is 2.55. The lowest BCUT2D eigenvalue weighted by molar-refractivity contribution is 0.528. The Bertz CT molecular complexity index is 502. The minimum atomic E-state index is 0.592. The van der Waals surface area contributed by atoms with Crippen LogP contribution in [0.5, 0.6) is 0 Å². The third-order valence-corrected chi connectivity index (χ3v) is 3.92. The maximum Gasteiger partial charge on any atom is 0.164 e. The third-order valence-electron chi connectivity index (χ3n) is 3.24. The summed E-state index contributed by atoms with van der Waals surface area (Å²) in [5.41, 5.74) is 1.94. The van der Waals surface area contributed by atoms with Crippen LogP contribution in [0.4, 0.5) is 0 Å². The molecule has 0 spiro atoms. The molecule has 0 radical (unpaired) electrons. The van der Waals surface area contributed by atoms with Crippen molar-refractivity contribution in [1.82, 2.24) is 19.5 Å². The van der Waals surface area contributed by atoms with Gasteiger partial charge in [-0.1, -0.05) is 12.8 Å². The van der Waals surface area contributed by atoms with E-state index in [4.69, 9.17) is 0 Å². The van der Waals surface area contributed by atoms with E-state index in [2.05, 4.69) is 19.5 Å². The van der Waals surface area contributed by atoms with Crippen LogP contribution in [0.15, 0.2) is 17.7 Å². The molecule has 0 bridgehead atoms. The number of imidazole rings is 1. The normalized spacial score (nSPS) is 17.3. The van der Waals surface area contributed by atoms with Gasteiger partial charge < -0.3 is 4.57 Å². The summed E-state index contributed by atoms with van der Waals surface area (Å²) in [6, 6.07) is 0.592. The minimum absolute atomic E-state index is 0.592. The largest absolute Gasteiger partial charge is 0.312 e. The molecular weight excluding hydrogens is 220 g/mol. The van der Waals surface area contributed by atoms with Crippen LogP contribution in [0.3, 0.4) is 0 Å². The van der Waals surface area contributed by atoms with Crippen LogP contribution in [-0.4, -0.2) is 25.8 Å². The van der Waals surface area contributed by atoms with Gasteiger partial charge in [-0.05, 0) is 19.1 Å². The van der Waals surface area contributed by atoms with Gasteiger partial charge in [-0.25, -0.2) is 15.0 Å². The first-order chi connectivity index (χ1) is 7.90. The number of hydrogen-bond donors (Lipinski definition) is 0. The standard InChI is InChI=1S/C11H14N4S/c1-16-11-9-10(12-6-13-11)15(7-14-9)8-4-2-3-5-8/h6-8H,2-5H2,1H3. The van der Waals surface area contributed by atoms with Gasteiger partial charge in [0, 0.05) is 6.04 Å². The van der Waals surface area contributed by atoms with Crippen molar-refractivity contribution in [2.75, 3.05) is 6.26 Å². The van der Waals surface area contributed by atoms with Gasteiger partial charge in [0.25, 0.3) is 0 Å². The number of hydrogen-bond acceptors (Lipinski definition) is 4. The molecule has 1 aliphatic rings. The van der Waals surface area contributed by atoms with Gasteiger partial charge in [-0.3, -0.25) is 0 Å². The predicted molar refractivity (Wildman–Crippen MR) is 64.6 cm³/mol. The average molecular weight is 234 g/mol. The molecule has 0 aromatic carbocycles. The van der Waals surface area contributed by atoms with Crippen molar-refractivity contribution in [2.45, 2.75) is 36.8 Å². The van der Waals surface area contributed by atoms with E-state index < -0.39 is 0 Å². The molecule has 0 N–H and O–H groups in total. The molecule has 5 heteroatoms. The number of aromatic nitrogens is 4. The van der Waals surface area contributed by atoms with Gasteiger partial charge in [0.15, 0.2) is 5.65 Å². The first kappa shape index (κ1) is 10.1. The molecule has 84 valence electrons. The Morgan fingerprint density at radius 1 is 1.25 bits per heavy atom. The summed E-state index contributed by atoms with van der Waals surface area (Å²) in [5.74, 6) is 0. The summed E-state index contributed by atoms with van der Waals surface area (Å²) < 4.78 is 2.23. The van der Waals surface area contributed by atoms with E-state index in [1.807, 2.05) is 12.6 Å². The molecule has 3 rings (SSSR count). The highest BCUT2D eigenvalue weighted by Gasteiger charge is 2.20. The molecule has 1 saturated carbocycles. The van der Waals surface area contributed by atoms with Crippen molar-refractivity contribution >= 4 is 22.9 Å². The van der Waals surface area contributed by atoms with E-state index in [-0.39, 0.29) is 0 Å². The van der Waals surface area contributed by atoms with E-state index in [0.717, 1.165) is 16.2 Å². The van der Waals surface area contributed by atoms with Crippen molar-refractivity contribution in [3.05, 3.63) is 12.7 Å². The molecule has 1 fully saturated rings. The van der Waals surface area contributed by atoms with Crippen LogP contribution in [0.1, 0.15) is 31.7 Å². The lowest BCUT2D eigenvalue weighted by Gasteiger charge is -2.11. The molecule has 1 aliphatic carbocycles. The zero-order valence-corrected chi connectivity index (χ0v) is 10.1. The second kappa shape index (κ2) is 4.05. The predicted octanol–water partition coefficient (Wildman–Crippen LogP) is 2.66. The lowest BCUT2D eigenvalue weighted by atomic mass is 10.2. The van der Waals surface area contributed by atoms with Crippen molar-refractivity contribution < 1.29 is 0 Å². The summed E-state index contributed by atoms with van der Waals surface area (Å²) in [7, 11) is 0. The third kappa shape index (κ3) is 1.50. The molecule has 0 saturated heterocycles. The molecule has 0 amide bonds. The van der Waals surface area contributed by atoms with Crippen molar-refractivity contribution in [1.29, 1.82) is 0 Å². The Morgan fingerprint density at radius 2 is 2.06 bits per heavy atom. The van der Waals surface area contributed by atoms with E-state index in [1.165, 1.54) is 25.7 Å². The first-order valence-corrected chi connectivity index (χ1v) is 6.84. The van der Waals surface area contributed by atoms with Crippen LogP contribution >= 0.6 is 11.8 Å². The molecule has 2 aromatic rings. The Labute approximate surface area is 98.5 Å². The minimum Gasteiger partial charge on any atom is -0.312 e. The number of fused-ring (bicyclic) bond motifs is 1. The maximum atomic E-state index is 4.45. The van der Waals surface area contributed by atoms with Gasteiger partial charge in [0.1, 0.15) is 16.9 Å². The molecule has 0 aliphatic heterocycles. The van der Waals surface area contributed by atoms with Crippen LogP contribution in [0, 0.1) is 0 Å². The summed E-state index contributed by atoms with van der Waals surface area (Å²) in [4.78, 5) is 13.1. The lowest BCUT2D eigenvalue weighted by Crippen LogP contribution is -2.03. The molecule has 0 unspecified atom stereocenters. The number of rotatable bonds is 2. The Hall–Kier alpha value is -1.10. The fraction of sp³-hybridized carbons (Fsp3) is 0.545. The molecular formula is C11H14N4S. The second-order valence-corrected chi connectivity index (χ2v) is 4.94. The number of nitrogens with zero attached hydrogens (tertiary/aromatic N) is 4. The van der Waals surface area contributed by atoms with Crippen LogP contribution in [0.2, 0.25) is 0 Å². The zero-order valence-electron chi connectivity index (χ0n) is 9.26. The van der Waals surface area contributed by atoms with E-state index in [0.29, 0.717) is 6.04 Å². The van der Waals surface area contributed by atoms with E-state index in [1.54, 1.807) is 18.1 Å². The highest BCUT2D eigenvalue weighted by Crippen LogP contribution is 2.32. The number of thioether (sulfide) groups is 1. The quantitative estimate of drug-likeness (QED) is 0.592. The molecule has 0 atom stereocenters. The molecule has 2 heterocycles. The molecule has 16 heavy (non-hydrogen) atoms. The van der Waals surface area contributed by atoms with Gasteiger partial charge in [-0.15, -0.1) is 11.8 Å². The summed E-state index contributed by atoms with van der Waals surface area (Å²) in [5, 5.41) is 0.974. The van der Waals surface area contributed by atoms with Gasteiger partial charge in [0.2, 0.25) is 0 Å². The zero-order chi connectivity index (χ0) is 11.0. The Morgan fingerprint density at radius 3 is 2.81 bits per heavy atom. The highest BCUT2D eigenvalue weighted by atomic mass is 32.2. The summed E-state index contributed by atoms with van der Waals surface area (Å²) in [6.07, 6.45) is 10.7. The molecule has 2 aromatic heterocycles. The maximum absolute atomic E-state index is 4.45. The van der Waals surface area contributed by atoms with Crippen LogP contribution in [0.25, 0.3) is 11.2 Å². The first-order valence-electron chi connectivity index (χ1n) is 5.61. The highest BCUT2D eigenvalue weighted by molar-refractivity contribution is 7.98. The molecule has 4 nitrogen and oxygen atoms in total. The second-order valence-electron chi connectivity index (χ2n) is 4.15. The smallest absolute Gasteiger partial charge is 0.164 e. The average Bonchev–Trinajstić information content (AvgIpc) is 2.96. The Balaban J connectivity index is 2.12. The van der Waals surface area contributed by atoms with Crippen molar-refractivity contribution in [3.8, 4) is 0 Å². The van der Waals surface area contributed by atoms with Crippen molar-refractivity contribution in [3.63, 3.8) is 0 Å². The fourth-order valence-corrected chi connectivity index (χ4v) is 2.92. The van der Waals surface area contributed by atoms with E-state index >= 15 is 0 Å². The van der Waals surface area contributed by atoms with Crippen LogP contribution < -0.4 is 0 Å². The topological polar surface area (TPSA) is 43.6 Å².